The summed E-state index contributed by atoms with van der Waals surface area (Å²) in [5.74, 6) is -0.209. The van der Waals surface area contributed by atoms with Gasteiger partial charge in [0.25, 0.3) is 0 Å². The molecule has 1 nitrogen and oxygen atoms in total. The second kappa shape index (κ2) is 15.8. The van der Waals surface area contributed by atoms with Gasteiger partial charge in [-0.05, 0) is 13.8 Å². The van der Waals surface area contributed by atoms with Crippen molar-refractivity contribution >= 4 is 23.1 Å². The fourth-order valence-electron chi connectivity index (χ4n) is 0.571. The second-order valence-electron chi connectivity index (χ2n) is 2.00. The van der Waals surface area contributed by atoms with Gasteiger partial charge in [0, 0.05) is 19.0 Å². The molecule has 0 aliphatic rings. The van der Waals surface area contributed by atoms with E-state index in [4.69, 9.17) is 4.74 Å². The predicted octanol–water partition coefficient (Wildman–Crippen LogP) is -0.708. The summed E-state index contributed by atoms with van der Waals surface area (Å²) >= 11 is 0. The standard InChI is InChI=1S/C6H4F.C4H10O.BrH.Mg/c7-6-4-2-1-3-5-6;1-3-5-4-2;;/h2-5H;3-4H2,1-2H3;1H;/q-1;;;+2/p-1. The van der Waals surface area contributed by atoms with Gasteiger partial charge in [0.15, 0.2) is 0 Å². The minimum atomic E-state index is -0.209. The van der Waals surface area contributed by atoms with Crippen LogP contribution in [0.4, 0.5) is 4.39 Å². The maximum absolute atomic E-state index is 11.9. The third kappa shape index (κ3) is 14.9. The van der Waals surface area contributed by atoms with Gasteiger partial charge in [-0.1, -0.05) is 0 Å². The Labute approximate surface area is 112 Å². The summed E-state index contributed by atoms with van der Waals surface area (Å²) < 4.78 is 16.7. The number of benzene rings is 1. The van der Waals surface area contributed by atoms with Crippen molar-refractivity contribution in [3.63, 3.8) is 0 Å². The van der Waals surface area contributed by atoms with Crippen molar-refractivity contribution in [2.75, 3.05) is 13.2 Å². The number of hydrogen-bond acceptors (Lipinski definition) is 1. The Hall–Kier alpha value is 0.356. The molecule has 0 saturated heterocycles. The molecule has 0 saturated carbocycles. The van der Waals surface area contributed by atoms with Crippen LogP contribution in [0.1, 0.15) is 13.8 Å². The molecule has 0 spiro atoms. The molecular weight excluding hydrogens is 259 g/mol. The van der Waals surface area contributed by atoms with Crippen LogP contribution in [0.3, 0.4) is 0 Å². The van der Waals surface area contributed by atoms with Crippen molar-refractivity contribution in [3.8, 4) is 0 Å². The van der Waals surface area contributed by atoms with Crippen LogP contribution in [0.15, 0.2) is 24.3 Å². The molecule has 0 aliphatic carbocycles. The van der Waals surface area contributed by atoms with Crippen LogP contribution in [0.2, 0.25) is 0 Å². The third-order valence-electron chi connectivity index (χ3n) is 1.09. The summed E-state index contributed by atoms with van der Waals surface area (Å²) in [6.45, 7) is 5.67. The molecule has 0 fully saturated rings. The molecule has 1 aromatic rings. The van der Waals surface area contributed by atoms with E-state index in [1.807, 2.05) is 13.8 Å². The van der Waals surface area contributed by atoms with E-state index in [-0.39, 0.29) is 45.9 Å². The zero-order chi connectivity index (χ0) is 9.23. The van der Waals surface area contributed by atoms with Gasteiger partial charge < -0.3 is 21.7 Å². The average molecular weight is 273 g/mol. The van der Waals surface area contributed by atoms with Crippen molar-refractivity contribution in [1.29, 1.82) is 0 Å². The summed E-state index contributed by atoms with van der Waals surface area (Å²) in [6.07, 6.45) is 0. The van der Waals surface area contributed by atoms with E-state index in [0.29, 0.717) is 0 Å². The monoisotopic (exact) mass is 272 g/mol. The molecule has 0 atom stereocenters. The Kier molecular flexibility index (Phi) is 22.4. The average Bonchev–Trinajstić information content (AvgIpc) is 2.08. The van der Waals surface area contributed by atoms with Crippen LogP contribution in [0.25, 0.3) is 0 Å². The quantitative estimate of drug-likeness (QED) is 0.511. The fourth-order valence-corrected chi connectivity index (χ4v) is 0.571. The molecule has 0 bridgehead atoms. The Morgan fingerprint density at radius 1 is 1.21 bits per heavy atom. The summed E-state index contributed by atoms with van der Waals surface area (Å²) in [5, 5.41) is 0. The van der Waals surface area contributed by atoms with E-state index < -0.39 is 0 Å². The fraction of sp³-hybridized carbons (Fsp3) is 0.400. The van der Waals surface area contributed by atoms with Gasteiger partial charge in [-0.3, -0.25) is 0 Å². The van der Waals surface area contributed by atoms with Crippen LogP contribution in [0, 0.1) is 11.9 Å². The first kappa shape index (κ1) is 19.9. The molecule has 76 valence electrons. The van der Waals surface area contributed by atoms with E-state index >= 15 is 0 Å². The smallest absolute Gasteiger partial charge is 1.00 e. The number of rotatable bonds is 2. The van der Waals surface area contributed by atoms with Gasteiger partial charge in [0.2, 0.25) is 0 Å². The zero-order valence-electron chi connectivity index (χ0n) is 8.59. The minimum absolute atomic E-state index is 0. The third-order valence-corrected chi connectivity index (χ3v) is 1.09. The van der Waals surface area contributed by atoms with Crippen LogP contribution in [0.5, 0.6) is 0 Å². The van der Waals surface area contributed by atoms with Crippen molar-refractivity contribution in [2.45, 2.75) is 13.8 Å². The molecule has 0 amide bonds. The Morgan fingerprint density at radius 3 is 1.79 bits per heavy atom. The van der Waals surface area contributed by atoms with Crippen molar-refractivity contribution in [1.82, 2.24) is 0 Å². The first-order valence-corrected chi connectivity index (χ1v) is 4.00. The predicted molar refractivity (Wildman–Crippen MR) is 53.2 cm³/mol. The van der Waals surface area contributed by atoms with Crippen molar-refractivity contribution < 1.29 is 26.1 Å². The molecule has 1 aromatic carbocycles. The van der Waals surface area contributed by atoms with Gasteiger partial charge in [0.1, 0.15) is 0 Å². The maximum Gasteiger partial charge on any atom is 2.00 e. The molecule has 0 radical (unpaired) electrons. The molecule has 14 heavy (non-hydrogen) atoms. The summed E-state index contributed by atoms with van der Waals surface area (Å²) in [7, 11) is 0. The van der Waals surface area contributed by atoms with Crippen LogP contribution >= 0.6 is 0 Å². The second-order valence-corrected chi connectivity index (χ2v) is 2.00. The van der Waals surface area contributed by atoms with Gasteiger partial charge in [-0.15, -0.1) is 12.1 Å². The van der Waals surface area contributed by atoms with E-state index in [9.17, 15) is 4.39 Å². The number of hydrogen-bond donors (Lipinski definition) is 0. The van der Waals surface area contributed by atoms with Gasteiger partial charge in [0.05, 0.1) is 0 Å². The van der Waals surface area contributed by atoms with E-state index in [0.717, 1.165) is 13.2 Å². The summed E-state index contributed by atoms with van der Waals surface area (Å²) in [6, 6.07) is 8.49. The first-order chi connectivity index (χ1) is 5.81. The van der Waals surface area contributed by atoms with Gasteiger partial charge >= 0.3 is 23.1 Å². The maximum atomic E-state index is 11.9. The van der Waals surface area contributed by atoms with Crippen LogP contribution in [-0.4, -0.2) is 36.3 Å². The normalized spacial score (nSPS) is 7.36. The number of ether oxygens (including phenoxy) is 1. The molecule has 0 unspecified atom stereocenters. The molecule has 1 rings (SSSR count). The molecule has 0 N–H and O–H groups in total. The summed E-state index contributed by atoms with van der Waals surface area (Å²) in [5.41, 5.74) is 0. The van der Waals surface area contributed by atoms with Crippen molar-refractivity contribution in [2.24, 2.45) is 0 Å². The van der Waals surface area contributed by atoms with Crippen LogP contribution < -0.4 is 17.0 Å². The number of halogens is 2. The Morgan fingerprint density at radius 2 is 1.64 bits per heavy atom. The summed E-state index contributed by atoms with van der Waals surface area (Å²) in [4.78, 5) is 0. The van der Waals surface area contributed by atoms with E-state index in [2.05, 4.69) is 6.07 Å². The van der Waals surface area contributed by atoms with Crippen molar-refractivity contribution in [3.05, 3.63) is 36.1 Å². The molecule has 0 heterocycles. The Bertz CT molecular complexity index is 183. The Balaban J connectivity index is -0.000000159. The van der Waals surface area contributed by atoms with Gasteiger partial charge in [-0.25, -0.2) is 4.39 Å². The molecule has 0 aliphatic heterocycles. The van der Waals surface area contributed by atoms with Gasteiger partial charge in [-0.2, -0.15) is 18.2 Å². The molecule has 4 heteroatoms. The van der Waals surface area contributed by atoms with Crippen LogP contribution in [-0.2, 0) is 4.74 Å². The SMILES string of the molecule is CCOCC.Fc1cc[c-]cc1.[Br-].[Mg+2]. The molecular formula is C10H14BrFMgO. The molecule has 0 aromatic heterocycles. The largest absolute Gasteiger partial charge is 2.00 e. The topological polar surface area (TPSA) is 9.23 Å². The van der Waals surface area contributed by atoms with E-state index in [1.54, 1.807) is 0 Å². The van der Waals surface area contributed by atoms with E-state index in [1.165, 1.54) is 24.3 Å². The minimum Gasteiger partial charge on any atom is -1.00 e. The zero-order valence-corrected chi connectivity index (χ0v) is 11.6. The first-order valence-electron chi connectivity index (χ1n) is 4.00.